The van der Waals surface area contributed by atoms with Gasteiger partial charge in [0.2, 0.25) is 0 Å². The van der Waals surface area contributed by atoms with Crippen molar-refractivity contribution in [2.75, 3.05) is 19.6 Å². The molecule has 128 valence electrons. The molecule has 1 atom stereocenters. The highest BCUT2D eigenvalue weighted by molar-refractivity contribution is 5.78. The molecule has 1 saturated heterocycles. The van der Waals surface area contributed by atoms with Crippen molar-refractivity contribution in [3.63, 3.8) is 0 Å². The molecule has 1 heterocycles. The van der Waals surface area contributed by atoms with E-state index >= 15 is 0 Å². The first kappa shape index (κ1) is 17.6. The summed E-state index contributed by atoms with van der Waals surface area (Å²) < 4.78 is 38.3. The normalized spacial score (nSPS) is 18.1. The number of likely N-dealkylation sites (tertiary alicyclic amines) is 1. The highest BCUT2D eigenvalue weighted by Gasteiger charge is 2.30. The van der Waals surface area contributed by atoms with Crippen LogP contribution < -0.4 is 5.73 Å². The molecular weight excluding hydrogens is 303 g/mol. The molecule has 0 saturated carbocycles. The van der Waals surface area contributed by atoms with Gasteiger partial charge in [-0.2, -0.15) is 13.2 Å². The van der Waals surface area contributed by atoms with E-state index in [1.807, 2.05) is 6.92 Å². The minimum atomic E-state index is -4.30. The molecule has 1 aliphatic rings. The fourth-order valence-corrected chi connectivity index (χ4v) is 2.78. The number of alkyl halides is 3. The Balaban J connectivity index is 1.90. The quantitative estimate of drug-likeness (QED) is 0.671. The second-order valence-electron chi connectivity index (χ2n) is 6.10. The smallest absolute Gasteiger partial charge is 0.370 e. The van der Waals surface area contributed by atoms with Gasteiger partial charge < -0.3 is 10.6 Å². The van der Waals surface area contributed by atoms with Crippen molar-refractivity contribution in [2.24, 2.45) is 10.7 Å². The molecular formula is C17H24F3N3. The van der Waals surface area contributed by atoms with Gasteiger partial charge in [0.25, 0.3) is 0 Å². The summed E-state index contributed by atoms with van der Waals surface area (Å²) in [5, 5.41) is 0. The van der Waals surface area contributed by atoms with Gasteiger partial charge in [0.15, 0.2) is 5.96 Å². The van der Waals surface area contributed by atoms with Crippen LogP contribution in [0.5, 0.6) is 0 Å². The van der Waals surface area contributed by atoms with Gasteiger partial charge in [-0.25, -0.2) is 0 Å². The fraction of sp³-hybridized carbons (Fsp3) is 0.588. The summed E-state index contributed by atoms with van der Waals surface area (Å²) in [7, 11) is 0. The SMILES string of the molecule is CC(CCN=C(N)N1CCCCC1)c1cccc(C(F)(F)F)c1. The first-order chi connectivity index (χ1) is 10.9. The zero-order valence-corrected chi connectivity index (χ0v) is 13.4. The van der Waals surface area contributed by atoms with E-state index in [0.29, 0.717) is 24.5 Å². The first-order valence-electron chi connectivity index (χ1n) is 8.10. The maximum atomic E-state index is 12.8. The van der Waals surface area contributed by atoms with E-state index in [4.69, 9.17) is 5.73 Å². The molecule has 1 fully saturated rings. The van der Waals surface area contributed by atoms with Crippen LogP contribution in [0.4, 0.5) is 13.2 Å². The van der Waals surface area contributed by atoms with Crippen molar-refractivity contribution in [3.05, 3.63) is 35.4 Å². The molecule has 0 bridgehead atoms. The van der Waals surface area contributed by atoms with Crippen molar-refractivity contribution in [3.8, 4) is 0 Å². The summed E-state index contributed by atoms with van der Waals surface area (Å²) in [6.45, 7) is 4.33. The van der Waals surface area contributed by atoms with Gasteiger partial charge in [-0.05, 0) is 43.2 Å². The van der Waals surface area contributed by atoms with Crippen LogP contribution >= 0.6 is 0 Å². The molecule has 0 aromatic heterocycles. The molecule has 3 nitrogen and oxygen atoms in total. The van der Waals surface area contributed by atoms with Crippen molar-refractivity contribution in [1.82, 2.24) is 4.90 Å². The Morgan fingerprint density at radius 3 is 2.61 bits per heavy atom. The first-order valence-corrected chi connectivity index (χ1v) is 8.10. The topological polar surface area (TPSA) is 41.6 Å². The number of hydrogen-bond acceptors (Lipinski definition) is 1. The number of aliphatic imine (C=N–C) groups is 1. The second-order valence-corrected chi connectivity index (χ2v) is 6.10. The van der Waals surface area contributed by atoms with Crippen LogP contribution in [-0.2, 0) is 6.18 Å². The number of guanidine groups is 1. The molecule has 1 aromatic carbocycles. The van der Waals surface area contributed by atoms with Gasteiger partial charge in [-0.1, -0.05) is 25.1 Å². The van der Waals surface area contributed by atoms with Crippen LogP contribution in [0.1, 0.15) is 49.7 Å². The number of nitrogens with zero attached hydrogens (tertiary/aromatic N) is 2. The molecule has 0 amide bonds. The Bertz CT molecular complexity index is 534. The second kappa shape index (κ2) is 7.70. The third kappa shape index (κ3) is 5.15. The average molecular weight is 327 g/mol. The minimum Gasteiger partial charge on any atom is -0.370 e. The number of benzene rings is 1. The Morgan fingerprint density at radius 1 is 1.26 bits per heavy atom. The van der Waals surface area contributed by atoms with E-state index in [9.17, 15) is 13.2 Å². The maximum Gasteiger partial charge on any atom is 0.416 e. The summed E-state index contributed by atoms with van der Waals surface area (Å²) in [6.07, 6.45) is -0.119. The number of halogens is 3. The monoisotopic (exact) mass is 327 g/mol. The Kier molecular flexibility index (Phi) is 5.91. The van der Waals surface area contributed by atoms with E-state index in [0.717, 1.165) is 32.0 Å². The van der Waals surface area contributed by atoms with Crippen LogP contribution in [-0.4, -0.2) is 30.5 Å². The maximum absolute atomic E-state index is 12.8. The lowest BCUT2D eigenvalue weighted by Gasteiger charge is -2.27. The molecule has 23 heavy (non-hydrogen) atoms. The summed E-state index contributed by atoms with van der Waals surface area (Å²) >= 11 is 0. The Hall–Kier alpha value is -1.72. The predicted octanol–water partition coefficient (Wildman–Crippen LogP) is 4.00. The zero-order valence-electron chi connectivity index (χ0n) is 13.4. The number of nitrogens with two attached hydrogens (primary N) is 1. The van der Waals surface area contributed by atoms with Gasteiger partial charge in [0.05, 0.1) is 5.56 Å². The van der Waals surface area contributed by atoms with Gasteiger partial charge in [0.1, 0.15) is 0 Å². The van der Waals surface area contributed by atoms with Gasteiger partial charge >= 0.3 is 6.18 Å². The lowest BCUT2D eigenvalue weighted by Crippen LogP contribution is -2.40. The van der Waals surface area contributed by atoms with E-state index in [1.165, 1.54) is 18.6 Å². The van der Waals surface area contributed by atoms with Crippen LogP contribution in [0.2, 0.25) is 0 Å². The Morgan fingerprint density at radius 2 is 1.96 bits per heavy atom. The molecule has 2 rings (SSSR count). The lowest BCUT2D eigenvalue weighted by molar-refractivity contribution is -0.137. The van der Waals surface area contributed by atoms with Gasteiger partial charge in [-0.15, -0.1) is 0 Å². The predicted molar refractivity (Wildman–Crippen MR) is 86.4 cm³/mol. The average Bonchev–Trinajstić information content (AvgIpc) is 2.54. The highest BCUT2D eigenvalue weighted by atomic mass is 19.4. The number of hydrogen-bond donors (Lipinski definition) is 1. The number of piperidine rings is 1. The zero-order chi connectivity index (χ0) is 16.9. The van der Waals surface area contributed by atoms with Crippen molar-refractivity contribution >= 4 is 5.96 Å². The molecule has 1 aliphatic heterocycles. The summed E-state index contributed by atoms with van der Waals surface area (Å²) in [5.41, 5.74) is 6.07. The van der Waals surface area contributed by atoms with E-state index in [2.05, 4.69) is 9.89 Å². The fourth-order valence-electron chi connectivity index (χ4n) is 2.78. The molecule has 0 aliphatic carbocycles. The minimum absolute atomic E-state index is 0.00945. The standard InChI is InChI=1S/C17H24F3N3/c1-13(14-6-5-7-15(12-14)17(18,19)20)8-9-22-16(21)23-10-3-2-4-11-23/h5-7,12-13H,2-4,8-11H2,1H3,(H2,21,22). The van der Waals surface area contributed by atoms with Gasteiger partial charge in [0, 0.05) is 19.6 Å². The van der Waals surface area contributed by atoms with E-state index < -0.39 is 11.7 Å². The van der Waals surface area contributed by atoms with Gasteiger partial charge in [-0.3, -0.25) is 4.99 Å². The van der Waals surface area contributed by atoms with Crippen LogP contribution in [0, 0.1) is 0 Å². The molecule has 0 spiro atoms. The van der Waals surface area contributed by atoms with Crippen molar-refractivity contribution < 1.29 is 13.2 Å². The summed E-state index contributed by atoms with van der Waals surface area (Å²) in [6, 6.07) is 5.52. The number of rotatable bonds is 4. The molecule has 6 heteroatoms. The largest absolute Gasteiger partial charge is 0.416 e. The molecule has 2 N–H and O–H groups in total. The van der Waals surface area contributed by atoms with Crippen molar-refractivity contribution in [2.45, 2.75) is 44.7 Å². The highest BCUT2D eigenvalue weighted by Crippen LogP contribution is 2.31. The lowest BCUT2D eigenvalue weighted by atomic mass is 9.96. The van der Waals surface area contributed by atoms with Crippen LogP contribution in [0.15, 0.2) is 29.3 Å². The molecule has 0 radical (unpaired) electrons. The summed E-state index contributed by atoms with van der Waals surface area (Å²) in [4.78, 5) is 6.46. The Labute approximate surface area is 135 Å². The van der Waals surface area contributed by atoms with Crippen molar-refractivity contribution in [1.29, 1.82) is 0 Å². The molecule has 1 unspecified atom stereocenters. The third-order valence-electron chi connectivity index (χ3n) is 4.30. The van der Waals surface area contributed by atoms with Crippen LogP contribution in [0.25, 0.3) is 0 Å². The van der Waals surface area contributed by atoms with E-state index in [-0.39, 0.29) is 5.92 Å². The molecule has 1 aromatic rings. The van der Waals surface area contributed by atoms with Crippen LogP contribution in [0.3, 0.4) is 0 Å². The van der Waals surface area contributed by atoms with E-state index in [1.54, 1.807) is 6.07 Å². The third-order valence-corrected chi connectivity index (χ3v) is 4.30. The summed E-state index contributed by atoms with van der Waals surface area (Å²) in [5.74, 6) is 0.566.